The zero-order valence-corrected chi connectivity index (χ0v) is 10.9. The number of aromatic carboxylic acids is 1. The highest BCUT2D eigenvalue weighted by Crippen LogP contribution is 2.26. The number of halogens is 1. The number of hydrogen-bond acceptors (Lipinski definition) is 4. The van der Waals surface area contributed by atoms with E-state index in [4.69, 9.17) is 9.84 Å². The maximum absolute atomic E-state index is 14.2. The van der Waals surface area contributed by atoms with Crippen LogP contribution in [0.1, 0.15) is 10.5 Å². The lowest BCUT2D eigenvalue weighted by Gasteiger charge is -2.07. The molecule has 3 rings (SSSR count). The molecular formula is C14H10FN3O3. The van der Waals surface area contributed by atoms with Crippen LogP contribution in [-0.2, 0) is 0 Å². The van der Waals surface area contributed by atoms with Gasteiger partial charge in [0.2, 0.25) is 0 Å². The first-order chi connectivity index (χ1) is 10.1. The van der Waals surface area contributed by atoms with Gasteiger partial charge in [0.25, 0.3) is 0 Å². The molecule has 2 aromatic heterocycles. The summed E-state index contributed by atoms with van der Waals surface area (Å²) in [6.07, 6.45) is 1.47. The van der Waals surface area contributed by atoms with Gasteiger partial charge >= 0.3 is 5.97 Å². The van der Waals surface area contributed by atoms with Gasteiger partial charge in [0, 0.05) is 23.9 Å². The summed E-state index contributed by atoms with van der Waals surface area (Å²) in [5.41, 5.74) is 0.875. The molecule has 21 heavy (non-hydrogen) atoms. The SMILES string of the molecule is COc1ccc(-c2ccnc3cc(C(=O)O)nn23)c(F)c1. The number of nitrogens with zero attached hydrogens (tertiary/aromatic N) is 3. The van der Waals surface area contributed by atoms with Gasteiger partial charge < -0.3 is 9.84 Å². The van der Waals surface area contributed by atoms with Crippen LogP contribution in [0.15, 0.2) is 36.5 Å². The van der Waals surface area contributed by atoms with Crippen LogP contribution < -0.4 is 4.74 Å². The molecule has 0 atom stereocenters. The normalized spacial score (nSPS) is 10.8. The van der Waals surface area contributed by atoms with Crippen molar-refractivity contribution >= 4 is 11.6 Å². The van der Waals surface area contributed by atoms with Gasteiger partial charge in [0.05, 0.1) is 12.8 Å². The van der Waals surface area contributed by atoms with E-state index in [2.05, 4.69) is 10.1 Å². The Labute approximate surface area is 118 Å². The third kappa shape index (κ3) is 2.18. The maximum Gasteiger partial charge on any atom is 0.356 e. The average molecular weight is 287 g/mol. The molecule has 0 aliphatic heterocycles. The predicted molar refractivity (Wildman–Crippen MR) is 71.9 cm³/mol. The molecule has 3 aromatic rings. The molecule has 1 N–H and O–H groups in total. The fourth-order valence-electron chi connectivity index (χ4n) is 2.03. The second-order valence-corrected chi connectivity index (χ2v) is 4.28. The maximum atomic E-state index is 14.2. The summed E-state index contributed by atoms with van der Waals surface area (Å²) in [6.45, 7) is 0. The van der Waals surface area contributed by atoms with Crippen molar-refractivity contribution in [3.63, 3.8) is 0 Å². The number of benzene rings is 1. The topological polar surface area (TPSA) is 76.7 Å². The van der Waals surface area contributed by atoms with Crippen LogP contribution in [0.4, 0.5) is 4.39 Å². The van der Waals surface area contributed by atoms with Crippen molar-refractivity contribution in [3.05, 3.63) is 48.0 Å². The van der Waals surface area contributed by atoms with Gasteiger partial charge in [-0.05, 0) is 18.2 Å². The van der Waals surface area contributed by atoms with Crippen LogP contribution >= 0.6 is 0 Å². The number of aromatic nitrogens is 3. The van der Waals surface area contributed by atoms with Gasteiger partial charge in [-0.2, -0.15) is 5.10 Å². The first kappa shape index (κ1) is 13.0. The molecular weight excluding hydrogens is 277 g/mol. The molecule has 7 heteroatoms. The molecule has 0 aliphatic rings. The van der Waals surface area contributed by atoms with Crippen LogP contribution in [0.2, 0.25) is 0 Å². The van der Waals surface area contributed by atoms with E-state index >= 15 is 0 Å². The van der Waals surface area contributed by atoms with Gasteiger partial charge in [-0.25, -0.2) is 18.7 Å². The Morgan fingerprint density at radius 1 is 1.33 bits per heavy atom. The van der Waals surface area contributed by atoms with Gasteiger partial charge in [-0.15, -0.1) is 0 Å². The Hall–Kier alpha value is -2.96. The molecule has 0 saturated carbocycles. The van der Waals surface area contributed by atoms with Gasteiger partial charge in [0.1, 0.15) is 11.6 Å². The van der Waals surface area contributed by atoms with E-state index in [-0.39, 0.29) is 11.3 Å². The molecule has 0 spiro atoms. The van der Waals surface area contributed by atoms with Crippen molar-refractivity contribution in [1.82, 2.24) is 14.6 Å². The second-order valence-electron chi connectivity index (χ2n) is 4.28. The van der Waals surface area contributed by atoms with E-state index in [0.717, 1.165) is 0 Å². The summed E-state index contributed by atoms with van der Waals surface area (Å²) in [5, 5.41) is 12.9. The average Bonchev–Trinajstić information content (AvgIpc) is 2.91. The summed E-state index contributed by atoms with van der Waals surface area (Å²) in [6, 6.07) is 7.31. The number of fused-ring (bicyclic) bond motifs is 1. The third-order valence-corrected chi connectivity index (χ3v) is 3.03. The lowest BCUT2D eigenvalue weighted by molar-refractivity contribution is 0.0690. The highest BCUT2D eigenvalue weighted by atomic mass is 19.1. The fourth-order valence-corrected chi connectivity index (χ4v) is 2.03. The molecule has 1 aromatic carbocycles. The second kappa shape index (κ2) is 4.86. The molecule has 6 nitrogen and oxygen atoms in total. The Morgan fingerprint density at radius 2 is 2.14 bits per heavy atom. The molecule has 0 aliphatic carbocycles. The third-order valence-electron chi connectivity index (χ3n) is 3.03. The molecule has 106 valence electrons. The number of carbonyl (C=O) groups is 1. The summed E-state index contributed by atoms with van der Waals surface area (Å²) in [4.78, 5) is 15.0. The minimum Gasteiger partial charge on any atom is -0.497 e. The van der Waals surface area contributed by atoms with Crippen molar-refractivity contribution in [1.29, 1.82) is 0 Å². The number of hydrogen-bond donors (Lipinski definition) is 1. The van der Waals surface area contributed by atoms with Crippen molar-refractivity contribution in [3.8, 4) is 17.0 Å². The first-order valence-electron chi connectivity index (χ1n) is 6.02. The molecule has 0 radical (unpaired) electrons. The highest BCUT2D eigenvalue weighted by molar-refractivity contribution is 5.87. The monoisotopic (exact) mass is 287 g/mol. The van der Waals surface area contributed by atoms with E-state index in [9.17, 15) is 9.18 Å². The lowest BCUT2D eigenvalue weighted by atomic mass is 10.1. The fraction of sp³-hybridized carbons (Fsp3) is 0.0714. The minimum atomic E-state index is -1.17. The number of rotatable bonds is 3. The largest absolute Gasteiger partial charge is 0.497 e. The van der Waals surface area contributed by atoms with Crippen molar-refractivity contribution in [2.75, 3.05) is 7.11 Å². The zero-order chi connectivity index (χ0) is 15.0. The standard InChI is InChI=1S/C14H10FN3O3/c1-21-8-2-3-9(10(15)6-8)12-4-5-16-13-7-11(14(19)20)17-18(12)13/h2-7H,1H3,(H,19,20). The Morgan fingerprint density at radius 3 is 2.81 bits per heavy atom. The summed E-state index contributed by atoms with van der Waals surface area (Å²) in [7, 11) is 1.45. The number of carboxylic acids is 1. The minimum absolute atomic E-state index is 0.149. The smallest absolute Gasteiger partial charge is 0.356 e. The van der Waals surface area contributed by atoms with Crippen LogP contribution in [0.5, 0.6) is 5.75 Å². The van der Waals surface area contributed by atoms with E-state index < -0.39 is 11.8 Å². The Kier molecular flexibility index (Phi) is 3.02. The predicted octanol–water partition coefficient (Wildman–Crippen LogP) is 2.24. The zero-order valence-electron chi connectivity index (χ0n) is 10.9. The van der Waals surface area contributed by atoms with E-state index in [1.54, 1.807) is 18.2 Å². The van der Waals surface area contributed by atoms with Gasteiger partial charge in [0.15, 0.2) is 11.3 Å². The van der Waals surface area contributed by atoms with Gasteiger partial charge in [-0.1, -0.05) is 0 Å². The molecule has 0 bridgehead atoms. The van der Waals surface area contributed by atoms with Crippen LogP contribution in [-0.4, -0.2) is 32.8 Å². The molecule has 2 heterocycles. The van der Waals surface area contributed by atoms with Crippen LogP contribution in [0, 0.1) is 5.82 Å². The van der Waals surface area contributed by atoms with E-state index in [1.165, 1.54) is 30.0 Å². The Bertz CT molecular complexity index is 845. The summed E-state index contributed by atoms with van der Waals surface area (Å²) in [5.74, 6) is -1.26. The molecule has 0 saturated heterocycles. The summed E-state index contributed by atoms with van der Waals surface area (Å²) < 4.78 is 20.4. The number of ether oxygens (including phenoxy) is 1. The molecule has 0 unspecified atom stereocenters. The van der Waals surface area contributed by atoms with Crippen molar-refractivity contribution < 1.29 is 19.0 Å². The first-order valence-corrected chi connectivity index (χ1v) is 6.02. The van der Waals surface area contributed by atoms with Crippen molar-refractivity contribution in [2.24, 2.45) is 0 Å². The van der Waals surface area contributed by atoms with Crippen molar-refractivity contribution in [2.45, 2.75) is 0 Å². The van der Waals surface area contributed by atoms with E-state index in [0.29, 0.717) is 17.1 Å². The van der Waals surface area contributed by atoms with E-state index in [1.807, 2.05) is 0 Å². The molecule has 0 amide bonds. The van der Waals surface area contributed by atoms with Crippen LogP contribution in [0.3, 0.4) is 0 Å². The quantitative estimate of drug-likeness (QED) is 0.799. The number of carboxylic acid groups (broad SMARTS) is 1. The van der Waals surface area contributed by atoms with Gasteiger partial charge in [-0.3, -0.25) is 0 Å². The van der Waals surface area contributed by atoms with Crippen LogP contribution in [0.25, 0.3) is 16.9 Å². The Balaban J connectivity index is 2.22. The lowest BCUT2D eigenvalue weighted by Crippen LogP contribution is -2.00. The summed E-state index contributed by atoms with van der Waals surface area (Å²) >= 11 is 0. The molecule has 0 fully saturated rings. The number of methoxy groups -OCH3 is 1. The highest BCUT2D eigenvalue weighted by Gasteiger charge is 2.15.